The van der Waals surface area contributed by atoms with Gasteiger partial charge in [0, 0.05) is 36.6 Å². The lowest BCUT2D eigenvalue weighted by Crippen LogP contribution is -2.38. The van der Waals surface area contributed by atoms with Crippen LogP contribution in [0.2, 0.25) is 0 Å². The molecule has 7 heteroatoms. The van der Waals surface area contributed by atoms with Gasteiger partial charge in [-0.05, 0) is 42.7 Å². The Labute approximate surface area is 157 Å². The van der Waals surface area contributed by atoms with Gasteiger partial charge in [0.15, 0.2) is 0 Å². The molecule has 0 spiro atoms. The molecule has 4 rings (SSSR count). The Hall–Kier alpha value is -3.35. The molecule has 2 aliphatic rings. The van der Waals surface area contributed by atoms with E-state index in [2.05, 4.69) is 10.6 Å². The quantitative estimate of drug-likeness (QED) is 0.860. The molecule has 1 fully saturated rings. The van der Waals surface area contributed by atoms with E-state index in [1.807, 2.05) is 24.3 Å². The Bertz CT molecular complexity index is 897. The molecule has 0 saturated carbocycles. The Morgan fingerprint density at radius 1 is 1.00 bits per heavy atom. The van der Waals surface area contributed by atoms with Crippen molar-refractivity contribution in [3.63, 3.8) is 0 Å². The average molecular weight is 364 g/mol. The molecule has 2 aromatic carbocycles. The number of urea groups is 2. The summed E-state index contributed by atoms with van der Waals surface area (Å²) < 4.78 is 0. The molecule has 138 valence electrons. The van der Waals surface area contributed by atoms with Crippen molar-refractivity contribution < 1.29 is 14.4 Å². The van der Waals surface area contributed by atoms with Gasteiger partial charge in [0.05, 0.1) is 0 Å². The van der Waals surface area contributed by atoms with E-state index in [1.54, 1.807) is 29.2 Å². The summed E-state index contributed by atoms with van der Waals surface area (Å²) >= 11 is 0. The van der Waals surface area contributed by atoms with Gasteiger partial charge in [0.2, 0.25) is 0 Å². The lowest BCUT2D eigenvalue weighted by Gasteiger charge is -2.30. The summed E-state index contributed by atoms with van der Waals surface area (Å²) in [6.07, 6.45) is 1.78. The van der Waals surface area contributed by atoms with Gasteiger partial charge >= 0.3 is 12.1 Å². The van der Waals surface area contributed by atoms with Gasteiger partial charge in [-0.2, -0.15) is 0 Å². The normalized spacial score (nSPS) is 15.9. The molecule has 0 bridgehead atoms. The van der Waals surface area contributed by atoms with Gasteiger partial charge in [-0.3, -0.25) is 4.79 Å². The number of nitrogens with one attached hydrogen (secondary N) is 2. The van der Waals surface area contributed by atoms with Crippen LogP contribution < -0.4 is 15.5 Å². The molecule has 2 heterocycles. The van der Waals surface area contributed by atoms with Gasteiger partial charge < -0.3 is 15.5 Å². The second kappa shape index (κ2) is 7.11. The van der Waals surface area contributed by atoms with Gasteiger partial charge in [0.1, 0.15) is 0 Å². The molecular formula is C20H20N4O3. The fraction of sp³-hybridized carbons (Fsp3) is 0.250. The molecule has 0 radical (unpaired) electrons. The zero-order valence-electron chi connectivity index (χ0n) is 14.8. The van der Waals surface area contributed by atoms with Gasteiger partial charge in [-0.1, -0.05) is 24.3 Å². The third kappa shape index (κ3) is 3.36. The van der Waals surface area contributed by atoms with Crippen LogP contribution in [-0.4, -0.2) is 42.5 Å². The minimum atomic E-state index is -0.471. The number of fused-ring (bicyclic) bond motifs is 1. The summed E-state index contributed by atoms with van der Waals surface area (Å²) in [5, 5.41) is 5.35. The molecule has 2 N–H and O–H groups in total. The zero-order chi connectivity index (χ0) is 18.8. The fourth-order valence-electron chi connectivity index (χ4n) is 3.46. The largest absolute Gasteiger partial charge is 0.336 e. The third-order valence-corrected chi connectivity index (χ3v) is 4.82. The molecule has 0 atom stereocenters. The molecule has 0 unspecified atom stereocenters. The van der Waals surface area contributed by atoms with Crippen LogP contribution in [0.15, 0.2) is 48.5 Å². The first-order valence-electron chi connectivity index (χ1n) is 9.00. The van der Waals surface area contributed by atoms with Crippen molar-refractivity contribution in [2.75, 3.05) is 29.9 Å². The van der Waals surface area contributed by atoms with Gasteiger partial charge in [0.25, 0.3) is 5.91 Å². The van der Waals surface area contributed by atoms with E-state index in [9.17, 15) is 14.4 Å². The monoisotopic (exact) mass is 364 g/mol. The highest BCUT2D eigenvalue weighted by atomic mass is 16.2. The molecule has 27 heavy (non-hydrogen) atoms. The SMILES string of the molecule is O=C1NCCN1C(=O)Nc1ccc2c(c1)N(C(=O)c1ccccc1)CCC2. The van der Waals surface area contributed by atoms with Crippen LogP contribution in [0.25, 0.3) is 0 Å². The molecule has 0 aromatic heterocycles. The Kier molecular flexibility index (Phi) is 4.50. The third-order valence-electron chi connectivity index (χ3n) is 4.82. The van der Waals surface area contributed by atoms with Crippen molar-refractivity contribution in [2.45, 2.75) is 12.8 Å². The summed E-state index contributed by atoms with van der Waals surface area (Å²) in [7, 11) is 0. The van der Waals surface area contributed by atoms with E-state index in [0.29, 0.717) is 30.9 Å². The maximum absolute atomic E-state index is 12.9. The van der Waals surface area contributed by atoms with Gasteiger partial charge in [-0.15, -0.1) is 0 Å². The smallest absolute Gasteiger partial charge is 0.330 e. The average Bonchev–Trinajstić information content (AvgIpc) is 3.13. The number of rotatable bonds is 2. The van der Waals surface area contributed by atoms with Crippen molar-refractivity contribution in [2.24, 2.45) is 0 Å². The Balaban J connectivity index is 1.58. The zero-order valence-corrected chi connectivity index (χ0v) is 14.8. The number of hydrogen-bond acceptors (Lipinski definition) is 3. The number of anilines is 2. The second-order valence-electron chi connectivity index (χ2n) is 6.58. The summed E-state index contributed by atoms with van der Waals surface area (Å²) in [5.74, 6) is -0.0565. The van der Waals surface area contributed by atoms with E-state index in [1.165, 1.54) is 0 Å². The molecular weight excluding hydrogens is 344 g/mol. The molecule has 7 nitrogen and oxygen atoms in total. The minimum Gasteiger partial charge on any atom is -0.336 e. The molecule has 5 amide bonds. The lowest BCUT2D eigenvalue weighted by molar-refractivity contribution is 0.0985. The lowest BCUT2D eigenvalue weighted by atomic mass is 10.00. The first-order valence-corrected chi connectivity index (χ1v) is 9.00. The first-order chi connectivity index (χ1) is 13.1. The highest BCUT2D eigenvalue weighted by Crippen LogP contribution is 2.31. The highest BCUT2D eigenvalue weighted by Gasteiger charge is 2.27. The van der Waals surface area contributed by atoms with E-state index in [-0.39, 0.29) is 5.91 Å². The van der Waals surface area contributed by atoms with E-state index in [0.717, 1.165) is 29.0 Å². The van der Waals surface area contributed by atoms with Crippen molar-refractivity contribution in [1.82, 2.24) is 10.2 Å². The summed E-state index contributed by atoms with van der Waals surface area (Å²) in [6.45, 7) is 1.43. The maximum atomic E-state index is 12.9. The molecule has 2 aliphatic heterocycles. The van der Waals surface area contributed by atoms with E-state index in [4.69, 9.17) is 0 Å². The number of aryl methyl sites for hydroxylation is 1. The number of imide groups is 1. The summed E-state index contributed by atoms with van der Waals surface area (Å²) in [4.78, 5) is 39.8. The van der Waals surface area contributed by atoms with Crippen LogP contribution in [0.3, 0.4) is 0 Å². The summed E-state index contributed by atoms with van der Waals surface area (Å²) in [5.41, 5.74) is 3.07. The predicted octanol–water partition coefficient (Wildman–Crippen LogP) is 2.84. The minimum absolute atomic E-state index is 0.0565. The van der Waals surface area contributed by atoms with Crippen LogP contribution in [0, 0.1) is 0 Å². The van der Waals surface area contributed by atoms with Crippen LogP contribution in [0.1, 0.15) is 22.3 Å². The number of amides is 5. The van der Waals surface area contributed by atoms with Crippen molar-refractivity contribution in [1.29, 1.82) is 0 Å². The Morgan fingerprint density at radius 3 is 2.56 bits per heavy atom. The van der Waals surface area contributed by atoms with E-state index < -0.39 is 12.1 Å². The fourth-order valence-corrected chi connectivity index (χ4v) is 3.46. The van der Waals surface area contributed by atoms with Crippen molar-refractivity contribution in [3.05, 3.63) is 59.7 Å². The van der Waals surface area contributed by atoms with Crippen LogP contribution >= 0.6 is 0 Å². The van der Waals surface area contributed by atoms with E-state index >= 15 is 0 Å². The standard InChI is InChI=1S/C20H20N4O3/c25-18(15-5-2-1-3-6-15)23-11-4-7-14-8-9-16(13-17(14)23)22-20(27)24-12-10-21-19(24)26/h1-3,5-6,8-9,13H,4,7,10-12H2,(H,21,26)(H,22,27). The first kappa shape index (κ1) is 17.1. The molecule has 0 aliphatic carbocycles. The molecule has 2 aromatic rings. The number of benzene rings is 2. The predicted molar refractivity (Wildman–Crippen MR) is 102 cm³/mol. The van der Waals surface area contributed by atoms with Crippen LogP contribution in [-0.2, 0) is 6.42 Å². The number of carbonyl (C=O) groups excluding carboxylic acids is 3. The molecule has 1 saturated heterocycles. The van der Waals surface area contributed by atoms with Crippen molar-refractivity contribution >= 4 is 29.3 Å². The van der Waals surface area contributed by atoms with Crippen molar-refractivity contribution in [3.8, 4) is 0 Å². The van der Waals surface area contributed by atoms with Crippen LogP contribution in [0.5, 0.6) is 0 Å². The number of hydrogen-bond donors (Lipinski definition) is 2. The summed E-state index contributed by atoms with van der Waals surface area (Å²) in [6, 6.07) is 13.8. The second-order valence-corrected chi connectivity index (χ2v) is 6.58. The Morgan fingerprint density at radius 2 is 1.81 bits per heavy atom. The number of nitrogens with zero attached hydrogens (tertiary/aromatic N) is 2. The number of carbonyl (C=O) groups is 3. The highest BCUT2D eigenvalue weighted by molar-refractivity contribution is 6.07. The van der Waals surface area contributed by atoms with Crippen LogP contribution in [0.4, 0.5) is 21.0 Å². The maximum Gasteiger partial charge on any atom is 0.330 e. The van der Waals surface area contributed by atoms with Gasteiger partial charge in [-0.25, -0.2) is 14.5 Å². The topological polar surface area (TPSA) is 81.8 Å².